The first-order valence-corrected chi connectivity index (χ1v) is 5.68. The number of nitrogens with one attached hydrogen (secondary N) is 1. The highest BCUT2D eigenvalue weighted by Crippen LogP contribution is 2.29. The quantitative estimate of drug-likeness (QED) is 0.739. The van der Waals surface area contributed by atoms with Crippen molar-refractivity contribution in [2.75, 3.05) is 23.7 Å². The van der Waals surface area contributed by atoms with Crippen LogP contribution in [0.5, 0.6) is 0 Å². The summed E-state index contributed by atoms with van der Waals surface area (Å²) in [6.07, 6.45) is 1.47. The second kappa shape index (κ2) is 4.18. The van der Waals surface area contributed by atoms with Gasteiger partial charge in [0.1, 0.15) is 11.6 Å². The van der Waals surface area contributed by atoms with Crippen molar-refractivity contribution in [2.45, 2.75) is 19.4 Å². The molecule has 1 fully saturated rings. The third-order valence-electron chi connectivity index (χ3n) is 3.13. The Morgan fingerprint density at radius 3 is 2.94 bits per heavy atom. The van der Waals surface area contributed by atoms with Crippen molar-refractivity contribution in [1.29, 1.82) is 5.26 Å². The zero-order valence-corrected chi connectivity index (χ0v) is 10.4. The lowest BCUT2D eigenvalue weighted by Gasteiger charge is -2.42. The Labute approximate surface area is 105 Å². The van der Waals surface area contributed by atoms with Crippen LogP contribution < -0.4 is 16.0 Å². The van der Waals surface area contributed by atoms with E-state index in [1.807, 2.05) is 24.8 Å². The molecule has 0 aromatic carbocycles. The van der Waals surface area contributed by atoms with Gasteiger partial charge in [-0.15, -0.1) is 0 Å². The summed E-state index contributed by atoms with van der Waals surface area (Å²) in [5.74, 6) is 0.494. The molecule has 2 rings (SSSR count). The third kappa shape index (κ3) is 1.84. The summed E-state index contributed by atoms with van der Waals surface area (Å²) in [6, 6.07) is 3.56. The first-order valence-electron chi connectivity index (χ1n) is 5.68. The number of carbonyl (C=O) groups excluding carboxylic acids is 1. The van der Waals surface area contributed by atoms with Crippen molar-refractivity contribution < 1.29 is 4.79 Å². The Hall–Kier alpha value is -2.29. The van der Waals surface area contributed by atoms with Crippen LogP contribution >= 0.6 is 0 Å². The average molecular weight is 245 g/mol. The van der Waals surface area contributed by atoms with Gasteiger partial charge in [0.25, 0.3) is 0 Å². The molecule has 0 bridgehead atoms. The van der Waals surface area contributed by atoms with Gasteiger partial charge in [-0.05, 0) is 19.9 Å². The third-order valence-corrected chi connectivity index (χ3v) is 3.13. The van der Waals surface area contributed by atoms with E-state index in [4.69, 9.17) is 11.0 Å². The maximum atomic E-state index is 11.9. The lowest BCUT2D eigenvalue weighted by atomic mass is 9.98. The highest BCUT2D eigenvalue weighted by molar-refractivity contribution is 5.91. The van der Waals surface area contributed by atoms with E-state index < -0.39 is 5.54 Å². The Bertz CT molecular complexity index is 532. The Morgan fingerprint density at radius 2 is 2.33 bits per heavy atom. The number of hydrogen-bond donors (Lipinski definition) is 2. The minimum atomic E-state index is -0.701. The number of hydrogen-bond acceptors (Lipinski definition) is 5. The van der Waals surface area contributed by atoms with Crippen molar-refractivity contribution in [3.05, 3.63) is 17.8 Å². The highest BCUT2D eigenvalue weighted by atomic mass is 16.2. The van der Waals surface area contributed by atoms with E-state index in [-0.39, 0.29) is 5.91 Å². The SMILES string of the molecule is CC1(C)C(=O)NCCN1c1ncc(C#N)cc1N. The zero-order valence-electron chi connectivity index (χ0n) is 10.4. The summed E-state index contributed by atoms with van der Waals surface area (Å²) in [4.78, 5) is 17.9. The molecule has 6 nitrogen and oxygen atoms in total. The molecule has 18 heavy (non-hydrogen) atoms. The van der Waals surface area contributed by atoms with Gasteiger partial charge in [-0.3, -0.25) is 4.79 Å². The normalized spacial score (nSPS) is 18.1. The molecular weight excluding hydrogens is 230 g/mol. The Balaban J connectivity index is 2.42. The summed E-state index contributed by atoms with van der Waals surface area (Å²) in [6.45, 7) is 4.84. The Morgan fingerprint density at radius 1 is 1.61 bits per heavy atom. The second-order valence-electron chi connectivity index (χ2n) is 4.72. The lowest BCUT2D eigenvalue weighted by Crippen LogP contribution is -2.62. The molecule has 0 aliphatic carbocycles. The fraction of sp³-hybridized carbons (Fsp3) is 0.417. The number of piperazine rings is 1. The molecule has 0 atom stereocenters. The van der Waals surface area contributed by atoms with E-state index in [9.17, 15) is 4.79 Å². The molecule has 1 amide bonds. The number of anilines is 2. The maximum Gasteiger partial charge on any atom is 0.245 e. The molecule has 2 heterocycles. The van der Waals surface area contributed by atoms with Crippen LogP contribution in [0, 0.1) is 11.3 Å². The summed E-state index contributed by atoms with van der Waals surface area (Å²) >= 11 is 0. The van der Waals surface area contributed by atoms with Crippen molar-refractivity contribution >= 4 is 17.4 Å². The van der Waals surface area contributed by atoms with E-state index >= 15 is 0 Å². The number of nitrogens with two attached hydrogens (primary N) is 1. The number of nitriles is 1. The van der Waals surface area contributed by atoms with Gasteiger partial charge < -0.3 is 16.0 Å². The maximum absolute atomic E-state index is 11.9. The van der Waals surface area contributed by atoms with Crippen molar-refractivity contribution in [3.8, 4) is 6.07 Å². The van der Waals surface area contributed by atoms with E-state index in [1.165, 1.54) is 6.20 Å². The van der Waals surface area contributed by atoms with Crippen LogP contribution in [0.1, 0.15) is 19.4 Å². The molecule has 0 saturated carbocycles. The van der Waals surface area contributed by atoms with Crippen LogP contribution in [0.4, 0.5) is 11.5 Å². The topological polar surface area (TPSA) is 95.0 Å². The molecule has 1 aliphatic heterocycles. The first kappa shape index (κ1) is 12.2. The van der Waals surface area contributed by atoms with Crippen molar-refractivity contribution in [3.63, 3.8) is 0 Å². The smallest absolute Gasteiger partial charge is 0.245 e. The van der Waals surface area contributed by atoms with Crippen LogP contribution in [0.15, 0.2) is 12.3 Å². The molecule has 0 unspecified atom stereocenters. The van der Waals surface area contributed by atoms with Crippen LogP contribution in [0.3, 0.4) is 0 Å². The standard InChI is InChI=1S/C12H15N5O/c1-12(2)11(18)15-3-4-17(12)10-9(14)5-8(6-13)7-16-10/h5,7H,3-4,14H2,1-2H3,(H,15,18). The van der Waals surface area contributed by atoms with Gasteiger partial charge in [-0.1, -0.05) is 0 Å². The number of carbonyl (C=O) groups is 1. The number of pyridine rings is 1. The molecule has 1 aromatic rings. The number of nitrogen functional groups attached to an aromatic ring is 1. The zero-order chi connectivity index (χ0) is 13.3. The van der Waals surface area contributed by atoms with Gasteiger partial charge in [0.15, 0.2) is 5.82 Å². The molecule has 0 spiro atoms. The molecule has 1 aromatic heterocycles. The summed E-state index contributed by atoms with van der Waals surface area (Å²) in [5.41, 5.74) is 6.03. The number of nitrogens with zero attached hydrogens (tertiary/aromatic N) is 3. The van der Waals surface area contributed by atoms with E-state index in [0.717, 1.165) is 0 Å². The van der Waals surface area contributed by atoms with Crippen LogP contribution in [0.25, 0.3) is 0 Å². The predicted octanol–water partition coefficient (Wildman–Crippen LogP) is 0.250. The number of aromatic nitrogens is 1. The minimum absolute atomic E-state index is 0.0562. The first-order chi connectivity index (χ1) is 8.46. The predicted molar refractivity (Wildman–Crippen MR) is 67.8 cm³/mol. The van der Waals surface area contributed by atoms with E-state index in [1.54, 1.807) is 6.07 Å². The molecular formula is C12H15N5O. The van der Waals surface area contributed by atoms with Gasteiger partial charge in [0.05, 0.1) is 11.3 Å². The largest absolute Gasteiger partial charge is 0.396 e. The highest BCUT2D eigenvalue weighted by Gasteiger charge is 2.39. The molecule has 6 heteroatoms. The van der Waals surface area contributed by atoms with Crippen molar-refractivity contribution in [2.24, 2.45) is 0 Å². The summed E-state index contributed by atoms with van der Waals surface area (Å²) < 4.78 is 0. The molecule has 94 valence electrons. The molecule has 1 aliphatic rings. The van der Waals surface area contributed by atoms with E-state index in [0.29, 0.717) is 30.2 Å². The van der Waals surface area contributed by atoms with Gasteiger partial charge in [0, 0.05) is 19.3 Å². The average Bonchev–Trinajstić information content (AvgIpc) is 2.33. The van der Waals surface area contributed by atoms with Crippen molar-refractivity contribution in [1.82, 2.24) is 10.3 Å². The monoisotopic (exact) mass is 245 g/mol. The fourth-order valence-corrected chi connectivity index (χ4v) is 2.03. The van der Waals surface area contributed by atoms with Crippen LogP contribution in [-0.4, -0.2) is 29.5 Å². The minimum Gasteiger partial charge on any atom is -0.396 e. The molecule has 1 saturated heterocycles. The molecule has 0 radical (unpaired) electrons. The van der Waals surface area contributed by atoms with Gasteiger partial charge in [-0.25, -0.2) is 4.98 Å². The number of rotatable bonds is 1. The van der Waals surface area contributed by atoms with Gasteiger partial charge in [-0.2, -0.15) is 5.26 Å². The van der Waals surface area contributed by atoms with E-state index in [2.05, 4.69) is 10.3 Å². The fourth-order valence-electron chi connectivity index (χ4n) is 2.03. The number of amides is 1. The lowest BCUT2D eigenvalue weighted by molar-refractivity contribution is -0.126. The van der Waals surface area contributed by atoms with Gasteiger partial charge in [0.2, 0.25) is 5.91 Å². The second-order valence-corrected chi connectivity index (χ2v) is 4.72. The van der Waals surface area contributed by atoms with Crippen LogP contribution in [-0.2, 0) is 4.79 Å². The summed E-state index contributed by atoms with van der Waals surface area (Å²) in [5, 5.41) is 11.6. The van der Waals surface area contributed by atoms with Gasteiger partial charge >= 0.3 is 0 Å². The van der Waals surface area contributed by atoms with Crippen LogP contribution in [0.2, 0.25) is 0 Å². The molecule has 3 N–H and O–H groups in total. The summed E-state index contributed by atoms with van der Waals surface area (Å²) in [7, 11) is 0. The Kier molecular flexibility index (Phi) is 2.83.